The maximum absolute atomic E-state index is 10.0. The van der Waals surface area contributed by atoms with Crippen molar-refractivity contribution in [3.05, 3.63) is 59.2 Å². The molecule has 2 N–H and O–H groups in total. The molecule has 0 saturated heterocycles. The van der Waals surface area contributed by atoms with E-state index in [1.807, 2.05) is 43.3 Å². The van der Waals surface area contributed by atoms with Gasteiger partial charge in [-0.05, 0) is 37.1 Å². The molecule has 0 amide bonds. The molecule has 0 unspecified atom stereocenters. The molecule has 3 heteroatoms. The molecule has 0 heterocycles. The van der Waals surface area contributed by atoms with Gasteiger partial charge in [-0.15, -0.1) is 0 Å². The van der Waals surface area contributed by atoms with Crippen molar-refractivity contribution in [2.75, 3.05) is 7.11 Å². The number of hydrogen-bond donors (Lipinski definition) is 2. The number of nitrogens with one attached hydrogen (secondary N) is 1. The summed E-state index contributed by atoms with van der Waals surface area (Å²) in [4.78, 5) is 0. The number of para-hydroxylation sites is 1. The normalized spacial score (nSPS) is 12.2. The van der Waals surface area contributed by atoms with Crippen molar-refractivity contribution in [2.45, 2.75) is 26.4 Å². The van der Waals surface area contributed by atoms with Crippen molar-refractivity contribution in [3.8, 4) is 11.5 Å². The lowest BCUT2D eigenvalue weighted by atomic mass is 10.1. The zero-order valence-corrected chi connectivity index (χ0v) is 12.2. The van der Waals surface area contributed by atoms with Gasteiger partial charge in [0.2, 0.25) is 0 Å². The Bertz CT molecular complexity index is 581. The van der Waals surface area contributed by atoms with E-state index in [1.165, 1.54) is 0 Å². The van der Waals surface area contributed by atoms with Crippen molar-refractivity contribution in [2.24, 2.45) is 0 Å². The molecule has 0 radical (unpaired) electrons. The van der Waals surface area contributed by atoms with Gasteiger partial charge in [0.25, 0.3) is 0 Å². The Morgan fingerprint density at radius 2 is 1.95 bits per heavy atom. The van der Waals surface area contributed by atoms with E-state index >= 15 is 0 Å². The molecule has 0 spiro atoms. The SMILES string of the molecule is COc1cccc([C@@H](C)NCc2cccc(C)c2O)c1. The quantitative estimate of drug-likeness (QED) is 0.873. The van der Waals surface area contributed by atoms with E-state index in [0.717, 1.165) is 22.4 Å². The molecule has 0 aliphatic rings. The smallest absolute Gasteiger partial charge is 0.122 e. The number of phenols is 1. The van der Waals surface area contributed by atoms with Gasteiger partial charge in [0, 0.05) is 18.2 Å². The summed E-state index contributed by atoms with van der Waals surface area (Å²) >= 11 is 0. The van der Waals surface area contributed by atoms with E-state index in [0.29, 0.717) is 12.3 Å². The standard InChI is InChI=1S/C17H21NO2/c1-12-6-4-8-15(17(12)19)11-18-13(2)14-7-5-9-16(10-14)20-3/h4-10,13,18-19H,11H2,1-3H3/t13-/m1/s1. The summed E-state index contributed by atoms with van der Waals surface area (Å²) in [6.07, 6.45) is 0. The third-order valence-corrected chi connectivity index (χ3v) is 3.51. The zero-order valence-electron chi connectivity index (χ0n) is 12.2. The summed E-state index contributed by atoms with van der Waals surface area (Å²) in [5, 5.41) is 13.4. The molecule has 20 heavy (non-hydrogen) atoms. The molecule has 1 atom stereocenters. The second kappa shape index (κ2) is 6.44. The number of aryl methyl sites for hydroxylation is 1. The molecule has 2 rings (SSSR count). The number of rotatable bonds is 5. The summed E-state index contributed by atoms with van der Waals surface area (Å²) in [5.74, 6) is 1.23. The second-order valence-electron chi connectivity index (χ2n) is 4.96. The molecule has 0 saturated carbocycles. The van der Waals surface area contributed by atoms with Gasteiger partial charge in [-0.1, -0.05) is 30.3 Å². The van der Waals surface area contributed by atoms with Crippen molar-refractivity contribution in [1.29, 1.82) is 0 Å². The Morgan fingerprint density at radius 3 is 2.70 bits per heavy atom. The first-order chi connectivity index (χ1) is 9.61. The maximum Gasteiger partial charge on any atom is 0.122 e. The average molecular weight is 271 g/mol. The van der Waals surface area contributed by atoms with E-state index in [4.69, 9.17) is 4.74 Å². The first kappa shape index (κ1) is 14.4. The van der Waals surface area contributed by atoms with Crippen LogP contribution in [0, 0.1) is 6.92 Å². The van der Waals surface area contributed by atoms with Gasteiger partial charge in [0.1, 0.15) is 11.5 Å². The minimum Gasteiger partial charge on any atom is -0.507 e. The van der Waals surface area contributed by atoms with Crippen LogP contribution in [-0.2, 0) is 6.54 Å². The van der Waals surface area contributed by atoms with Crippen LogP contribution in [0.15, 0.2) is 42.5 Å². The summed E-state index contributed by atoms with van der Waals surface area (Å²) < 4.78 is 5.23. The van der Waals surface area contributed by atoms with Crippen molar-refractivity contribution in [1.82, 2.24) is 5.32 Å². The van der Waals surface area contributed by atoms with Crippen molar-refractivity contribution >= 4 is 0 Å². The van der Waals surface area contributed by atoms with Gasteiger partial charge in [-0.25, -0.2) is 0 Å². The van der Waals surface area contributed by atoms with Gasteiger partial charge in [0.05, 0.1) is 7.11 Å². The molecule has 3 nitrogen and oxygen atoms in total. The molecule has 0 aliphatic carbocycles. The van der Waals surface area contributed by atoms with Crippen molar-refractivity contribution < 1.29 is 9.84 Å². The second-order valence-corrected chi connectivity index (χ2v) is 4.96. The molecular formula is C17H21NO2. The first-order valence-electron chi connectivity index (χ1n) is 6.76. The number of hydrogen-bond acceptors (Lipinski definition) is 3. The van der Waals surface area contributed by atoms with Gasteiger partial charge >= 0.3 is 0 Å². The third kappa shape index (κ3) is 3.31. The van der Waals surface area contributed by atoms with E-state index < -0.39 is 0 Å². The minimum atomic E-state index is 0.185. The lowest BCUT2D eigenvalue weighted by Gasteiger charge is -2.16. The molecule has 0 aliphatic heterocycles. The Hall–Kier alpha value is -2.00. The van der Waals surface area contributed by atoms with Crippen molar-refractivity contribution in [3.63, 3.8) is 0 Å². The van der Waals surface area contributed by atoms with Crippen LogP contribution in [0.1, 0.15) is 29.7 Å². The molecular weight excluding hydrogens is 250 g/mol. The van der Waals surface area contributed by atoms with Gasteiger partial charge in [0.15, 0.2) is 0 Å². The van der Waals surface area contributed by atoms with Crippen LogP contribution < -0.4 is 10.1 Å². The van der Waals surface area contributed by atoms with E-state index in [9.17, 15) is 5.11 Å². The molecule has 0 aromatic heterocycles. The summed E-state index contributed by atoms with van der Waals surface area (Å²) in [5.41, 5.74) is 2.98. The van der Waals surface area contributed by atoms with E-state index in [2.05, 4.69) is 18.3 Å². The number of methoxy groups -OCH3 is 1. The summed E-state index contributed by atoms with van der Waals surface area (Å²) in [7, 11) is 1.67. The Morgan fingerprint density at radius 1 is 1.20 bits per heavy atom. The zero-order chi connectivity index (χ0) is 14.5. The third-order valence-electron chi connectivity index (χ3n) is 3.51. The monoisotopic (exact) mass is 271 g/mol. The van der Waals surface area contributed by atoms with Crippen LogP contribution in [-0.4, -0.2) is 12.2 Å². The lowest BCUT2D eigenvalue weighted by molar-refractivity contribution is 0.413. The number of aromatic hydroxyl groups is 1. The number of benzene rings is 2. The van der Waals surface area contributed by atoms with Crippen LogP contribution in [0.3, 0.4) is 0 Å². The Labute approximate surface area is 120 Å². The van der Waals surface area contributed by atoms with Gasteiger partial charge < -0.3 is 15.2 Å². The average Bonchev–Trinajstić information content (AvgIpc) is 2.48. The minimum absolute atomic E-state index is 0.185. The highest BCUT2D eigenvalue weighted by atomic mass is 16.5. The van der Waals surface area contributed by atoms with Crippen LogP contribution in [0.5, 0.6) is 11.5 Å². The molecule has 0 fully saturated rings. The molecule has 2 aromatic carbocycles. The highest BCUT2D eigenvalue weighted by Crippen LogP contribution is 2.23. The van der Waals surface area contributed by atoms with E-state index in [1.54, 1.807) is 7.11 Å². The fourth-order valence-corrected chi connectivity index (χ4v) is 2.15. The van der Waals surface area contributed by atoms with Gasteiger partial charge in [-0.3, -0.25) is 0 Å². The number of phenolic OH excluding ortho intramolecular Hbond substituents is 1. The summed E-state index contributed by atoms with van der Waals surface area (Å²) in [6.45, 7) is 4.64. The number of ether oxygens (including phenoxy) is 1. The fourth-order valence-electron chi connectivity index (χ4n) is 2.15. The Balaban J connectivity index is 2.04. The maximum atomic E-state index is 10.0. The Kier molecular flexibility index (Phi) is 4.64. The highest BCUT2D eigenvalue weighted by molar-refractivity contribution is 5.39. The van der Waals surface area contributed by atoms with E-state index in [-0.39, 0.29) is 6.04 Å². The lowest BCUT2D eigenvalue weighted by Crippen LogP contribution is -2.18. The largest absolute Gasteiger partial charge is 0.507 e. The first-order valence-corrected chi connectivity index (χ1v) is 6.76. The molecule has 106 valence electrons. The predicted octanol–water partition coefficient (Wildman–Crippen LogP) is 3.56. The van der Waals surface area contributed by atoms with Crippen LogP contribution in [0.25, 0.3) is 0 Å². The molecule has 2 aromatic rings. The summed E-state index contributed by atoms with van der Waals surface area (Å²) in [6, 6.07) is 14.0. The topological polar surface area (TPSA) is 41.5 Å². The highest BCUT2D eigenvalue weighted by Gasteiger charge is 2.08. The van der Waals surface area contributed by atoms with Crippen LogP contribution in [0.2, 0.25) is 0 Å². The fraction of sp³-hybridized carbons (Fsp3) is 0.294. The predicted molar refractivity (Wildman–Crippen MR) is 81.1 cm³/mol. The van der Waals surface area contributed by atoms with Crippen LogP contribution >= 0.6 is 0 Å². The van der Waals surface area contributed by atoms with Crippen LogP contribution in [0.4, 0.5) is 0 Å². The van der Waals surface area contributed by atoms with Gasteiger partial charge in [-0.2, -0.15) is 0 Å². The molecule has 0 bridgehead atoms.